The second kappa shape index (κ2) is 13.6. The number of likely N-dealkylation sites (N-methyl/N-ethyl adjacent to an activating group) is 1. The van der Waals surface area contributed by atoms with Crippen molar-refractivity contribution in [3.63, 3.8) is 0 Å². The Morgan fingerprint density at radius 2 is 1.92 bits per heavy atom. The maximum atomic E-state index is 13.9. The highest BCUT2D eigenvalue weighted by Gasteiger charge is 2.23. The molecule has 3 N–H and O–H groups in total. The quantitative estimate of drug-likeness (QED) is 0.292. The molecule has 0 bridgehead atoms. The van der Waals surface area contributed by atoms with Crippen molar-refractivity contribution in [3.05, 3.63) is 64.7 Å². The minimum Gasteiger partial charge on any atom is -0.481 e. The van der Waals surface area contributed by atoms with Gasteiger partial charge in [-0.15, -0.1) is 10.2 Å². The van der Waals surface area contributed by atoms with E-state index >= 15 is 0 Å². The van der Waals surface area contributed by atoms with Crippen LogP contribution in [0.1, 0.15) is 24.8 Å². The van der Waals surface area contributed by atoms with E-state index in [0.717, 1.165) is 17.4 Å². The number of aromatic nitrogens is 2. The van der Waals surface area contributed by atoms with Crippen LogP contribution in [0.3, 0.4) is 0 Å². The van der Waals surface area contributed by atoms with Gasteiger partial charge in [0.15, 0.2) is 16.6 Å². The third-order valence-electron chi connectivity index (χ3n) is 5.40. The van der Waals surface area contributed by atoms with Crippen LogP contribution in [0.25, 0.3) is 10.6 Å². The molecule has 0 aliphatic rings. The maximum absolute atomic E-state index is 13.9. The van der Waals surface area contributed by atoms with E-state index in [1.165, 1.54) is 24.1 Å². The number of hydrogen-bond donors (Lipinski definition) is 3. The predicted molar refractivity (Wildman–Crippen MR) is 137 cm³/mol. The second-order valence-electron chi connectivity index (χ2n) is 8.04. The van der Waals surface area contributed by atoms with Crippen molar-refractivity contribution < 1.29 is 33.0 Å². The average molecular weight is 568 g/mol. The Morgan fingerprint density at radius 3 is 2.66 bits per heavy atom. The maximum Gasteiger partial charge on any atom is 0.413 e. The molecular weight excluding hydrogens is 544 g/mol. The highest BCUT2D eigenvalue weighted by atomic mass is 35.5. The van der Waals surface area contributed by atoms with Crippen LogP contribution in [0, 0.1) is 11.6 Å². The normalized spacial score (nSPS) is 11.5. The lowest BCUT2D eigenvalue weighted by Crippen LogP contribution is -2.46. The van der Waals surface area contributed by atoms with Crippen LogP contribution in [-0.2, 0) is 16.1 Å². The number of urea groups is 1. The molecule has 0 aliphatic carbocycles. The Balaban J connectivity index is 1.58. The average Bonchev–Trinajstić information content (AvgIpc) is 3.34. The molecule has 10 nitrogen and oxygen atoms in total. The number of carbonyl (C=O) groups excluding carboxylic acids is 2. The van der Waals surface area contributed by atoms with Crippen LogP contribution < -0.4 is 10.6 Å². The van der Waals surface area contributed by atoms with Gasteiger partial charge in [0.25, 0.3) is 0 Å². The molecule has 1 aromatic heterocycles. The standard InChI is InChI=1S/C24H24ClF2N5O5S/c1-32(23(35)28-12-14-6-4-10-18(26)20(14)27)15(7-5-11-19(33)34)13-37-24(36)29-22-31-30-21(38-22)16-8-2-3-9-17(16)25/h2-4,6,8-10,15H,5,7,11-13H2,1H3,(H,28,35)(H,33,34)(H,29,31,36)/t15-/m0/s1. The van der Waals surface area contributed by atoms with Gasteiger partial charge in [-0.25, -0.2) is 18.4 Å². The van der Waals surface area contributed by atoms with Gasteiger partial charge in [-0.3, -0.25) is 10.1 Å². The number of rotatable bonds is 11. The third kappa shape index (κ3) is 8.08. The molecule has 3 rings (SSSR count). The zero-order valence-electron chi connectivity index (χ0n) is 20.1. The van der Waals surface area contributed by atoms with Crippen molar-refractivity contribution in [1.29, 1.82) is 0 Å². The number of nitrogens with one attached hydrogen (secondary N) is 2. The molecule has 3 aromatic rings. The largest absolute Gasteiger partial charge is 0.481 e. The van der Waals surface area contributed by atoms with Gasteiger partial charge in [-0.2, -0.15) is 0 Å². The molecule has 2 aromatic carbocycles. The second-order valence-corrected chi connectivity index (χ2v) is 9.42. The molecule has 0 saturated carbocycles. The van der Waals surface area contributed by atoms with Gasteiger partial charge in [0.2, 0.25) is 5.13 Å². The number of nitrogens with zero attached hydrogens (tertiary/aromatic N) is 3. The van der Waals surface area contributed by atoms with E-state index in [4.69, 9.17) is 21.4 Å². The molecule has 0 aliphatic heterocycles. The molecule has 0 fully saturated rings. The number of aliphatic carboxylic acids is 1. The van der Waals surface area contributed by atoms with E-state index in [1.807, 2.05) is 0 Å². The van der Waals surface area contributed by atoms with E-state index in [0.29, 0.717) is 15.6 Å². The van der Waals surface area contributed by atoms with E-state index in [2.05, 4.69) is 20.8 Å². The van der Waals surface area contributed by atoms with Crippen molar-refractivity contribution in [2.24, 2.45) is 0 Å². The predicted octanol–water partition coefficient (Wildman–Crippen LogP) is 5.15. The van der Waals surface area contributed by atoms with Gasteiger partial charge in [-0.05, 0) is 25.0 Å². The van der Waals surface area contributed by atoms with Crippen LogP contribution in [-0.4, -0.2) is 58.0 Å². The molecule has 14 heteroatoms. The zero-order chi connectivity index (χ0) is 27.7. The topological polar surface area (TPSA) is 134 Å². The summed E-state index contributed by atoms with van der Waals surface area (Å²) in [6.45, 7) is -0.541. The summed E-state index contributed by atoms with van der Waals surface area (Å²) in [5.74, 6) is -3.12. The van der Waals surface area contributed by atoms with Gasteiger partial charge in [0, 0.05) is 31.1 Å². The van der Waals surface area contributed by atoms with Crippen LogP contribution in [0.2, 0.25) is 5.02 Å². The first-order valence-electron chi connectivity index (χ1n) is 11.3. The molecule has 0 unspecified atom stereocenters. The molecular formula is C24H24ClF2N5O5S. The number of hydrogen-bond acceptors (Lipinski definition) is 7. The van der Waals surface area contributed by atoms with Crippen LogP contribution >= 0.6 is 22.9 Å². The fraction of sp³-hybridized carbons (Fsp3) is 0.292. The van der Waals surface area contributed by atoms with Gasteiger partial charge in [-0.1, -0.05) is 53.3 Å². The molecule has 38 heavy (non-hydrogen) atoms. The number of amides is 3. The number of benzene rings is 2. The fourth-order valence-electron chi connectivity index (χ4n) is 3.34. The van der Waals surface area contributed by atoms with Gasteiger partial charge in [0.1, 0.15) is 6.61 Å². The minimum absolute atomic E-state index is 0.0435. The first-order valence-corrected chi connectivity index (χ1v) is 12.5. The number of halogens is 3. The summed E-state index contributed by atoms with van der Waals surface area (Å²) in [6.07, 6.45) is -0.598. The van der Waals surface area contributed by atoms with E-state index < -0.39 is 35.8 Å². The first kappa shape index (κ1) is 28.7. The minimum atomic E-state index is -1.07. The Kier molecular flexibility index (Phi) is 10.3. The number of ether oxygens (including phenoxy) is 1. The number of carbonyl (C=O) groups is 3. The lowest BCUT2D eigenvalue weighted by Gasteiger charge is -2.28. The van der Waals surface area contributed by atoms with E-state index in [1.54, 1.807) is 24.3 Å². The Morgan fingerprint density at radius 1 is 1.16 bits per heavy atom. The number of carboxylic acid groups (broad SMARTS) is 1. The van der Waals surface area contributed by atoms with Crippen molar-refractivity contribution in [1.82, 2.24) is 20.4 Å². The first-order chi connectivity index (χ1) is 18.2. The molecule has 0 radical (unpaired) electrons. The highest BCUT2D eigenvalue weighted by molar-refractivity contribution is 7.18. The number of anilines is 1. The van der Waals surface area contributed by atoms with Crippen LogP contribution in [0.15, 0.2) is 42.5 Å². The lowest BCUT2D eigenvalue weighted by atomic mass is 10.1. The summed E-state index contributed by atoms with van der Waals surface area (Å²) in [7, 11) is 1.42. The molecule has 1 heterocycles. The van der Waals surface area contributed by atoms with Crippen molar-refractivity contribution in [2.45, 2.75) is 31.8 Å². The van der Waals surface area contributed by atoms with Crippen LogP contribution in [0.5, 0.6) is 0 Å². The van der Waals surface area contributed by atoms with E-state index in [9.17, 15) is 23.2 Å². The fourth-order valence-corrected chi connectivity index (χ4v) is 4.39. The summed E-state index contributed by atoms with van der Waals surface area (Å²) in [4.78, 5) is 37.2. The number of carboxylic acids is 1. The molecule has 3 amide bonds. The summed E-state index contributed by atoms with van der Waals surface area (Å²) >= 11 is 7.25. The van der Waals surface area contributed by atoms with Crippen molar-refractivity contribution in [2.75, 3.05) is 19.0 Å². The monoisotopic (exact) mass is 567 g/mol. The summed E-state index contributed by atoms with van der Waals surface area (Å²) in [5.41, 5.74) is 0.607. The Hall–Kier alpha value is -3.84. The van der Waals surface area contributed by atoms with Crippen LogP contribution in [0.4, 0.5) is 23.5 Å². The summed E-state index contributed by atoms with van der Waals surface area (Å²) < 4.78 is 32.6. The molecule has 202 valence electrons. The smallest absolute Gasteiger partial charge is 0.413 e. The highest BCUT2D eigenvalue weighted by Crippen LogP contribution is 2.31. The van der Waals surface area contributed by atoms with Gasteiger partial charge >= 0.3 is 18.1 Å². The molecule has 0 spiro atoms. The Bertz CT molecular complexity index is 1290. The SMILES string of the molecule is CN(C(=O)NCc1cccc(F)c1F)[C@@H](CCCC(=O)O)COC(=O)Nc1nnc(-c2ccccc2Cl)s1. The summed E-state index contributed by atoms with van der Waals surface area (Å²) in [6, 6.07) is 9.29. The lowest BCUT2D eigenvalue weighted by molar-refractivity contribution is -0.137. The molecule has 0 saturated heterocycles. The van der Waals surface area contributed by atoms with E-state index in [-0.39, 0.29) is 43.1 Å². The third-order valence-corrected chi connectivity index (χ3v) is 6.60. The molecule has 1 atom stereocenters. The Labute approximate surface area is 225 Å². The summed E-state index contributed by atoms with van der Waals surface area (Å²) in [5, 5.41) is 22.9. The van der Waals surface area contributed by atoms with Crippen molar-refractivity contribution >= 4 is 46.2 Å². The van der Waals surface area contributed by atoms with Gasteiger partial charge in [0.05, 0.1) is 11.1 Å². The van der Waals surface area contributed by atoms with Gasteiger partial charge < -0.3 is 20.1 Å². The zero-order valence-corrected chi connectivity index (χ0v) is 21.7. The van der Waals surface area contributed by atoms with Crippen molar-refractivity contribution in [3.8, 4) is 10.6 Å².